The average Bonchev–Trinajstić information content (AvgIpc) is 2.46. The largest absolute Gasteiger partial charge is 0.399 e. The number of alkyl halides is 2. The molecule has 1 aliphatic rings. The van der Waals surface area contributed by atoms with E-state index in [1.54, 1.807) is 35.2 Å². The van der Waals surface area contributed by atoms with Gasteiger partial charge in [0.2, 0.25) is 5.91 Å². The molecular formula is C15H13F2N3O. The van der Waals surface area contributed by atoms with Gasteiger partial charge in [0.05, 0.1) is 17.1 Å². The van der Waals surface area contributed by atoms with Crippen molar-refractivity contribution in [1.82, 2.24) is 0 Å². The summed E-state index contributed by atoms with van der Waals surface area (Å²) in [6, 6.07) is 11.4. The summed E-state index contributed by atoms with van der Waals surface area (Å²) in [5, 5.41) is 2.73. The topological polar surface area (TPSA) is 58.4 Å². The van der Waals surface area contributed by atoms with Crippen LogP contribution in [0.4, 0.5) is 31.5 Å². The zero-order chi connectivity index (χ0) is 15.0. The molecule has 0 spiro atoms. The number of nitrogen functional groups attached to an aromatic ring is 1. The van der Waals surface area contributed by atoms with Crippen molar-refractivity contribution in [2.24, 2.45) is 0 Å². The van der Waals surface area contributed by atoms with Crippen LogP contribution in [0.5, 0.6) is 0 Å². The van der Waals surface area contributed by atoms with Crippen molar-refractivity contribution >= 4 is 28.7 Å². The zero-order valence-electron chi connectivity index (χ0n) is 11.0. The van der Waals surface area contributed by atoms with Crippen LogP contribution in [-0.4, -0.2) is 12.5 Å². The van der Waals surface area contributed by atoms with Crippen LogP contribution in [0.1, 0.15) is 12.0 Å². The Morgan fingerprint density at radius 3 is 2.67 bits per heavy atom. The number of nitrogens with zero attached hydrogens (tertiary/aromatic N) is 1. The number of nitrogens with two attached hydrogens (primary N) is 1. The quantitative estimate of drug-likeness (QED) is 0.834. The molecule has 0 aliphatic carbocycles. The lowest BCUT2D eigenvalue weighted by atomic mass is 10.1. The second-order valence-electron chi connectivity index (χ2n) is 4.77. The third-order valence-electron chi connectivity index (χ3n) is 3.35. The fourth-order valence-electron chi connectivity index (χ4n) is 2.44. The molecule has 1 amide bonds. The number of amides is 1. The maximum atomic E-state index is 13.3. The van der Waals surface area contributed by atoms with Gasteiger partial charge in [-0.3, -0.25) is 4.79 Å². The normalized spacial score (nSPS) is 14.0. The van der Waals surface area contributed by atoms with Gasteiger partial charge < -0.3 is 16.0 Å². The molecule has 1 heterocycles. The predicted octanol–water partition coefficient (Wildman–Crippen LogP) is 3.30. The highest BCUT2D eigenvalue weighted by molar-refractivity contribution is 6.03. The minimum atomic E-state index is -2.67. The Labute approximate surface area is 120 Å². The summed E-state index contributed by atoms with van der Waals surface area (Å²) in [5.74, 6) is -0.245. The van der Waals surface area contributed by atoms with Gasteiger partial charge in [0.1, 0.15) is 6.54 Å². The second kappa shape index (κ2) is 5.05. The van der Waals surface area contributed by atoms with Crippen molar-refractivity contribution in [3.05, 3.63) is 48.0 Å². The fourth-order valence-corrected chi connectivity index (χ4v) is 2.44. The molecule has 0 bridgehead atoms. The number of para-hydroxylation sites is 2. The molecule has 0 aromatic heterocycles. The van der Waals surface area contributed by atoms with Gasteiger partial charge in [-0.25, -0.2) is 8.78 Å². The SMILES string of the molecule is Nc1ccc(N2CC(=O)Nc3ccccc32)c(C(F)F)c1. The van der Waals surface area contributed by atoms with E-state index in [2.05, 4.69) is 5.32 Å². The number of carbonyl (C=O) groups is 1. The first kappa shape index (κ1) is 13.4. The summed E-state index contributed by atoms with van der Waals surface area (Å²) in [6.45, 7) is -0.0132. The molecule has 0 fully saturated rings. The summed E-state index contributed by atoms with van der Waals surface area (Å²) >= 11 is 0. The maximum absolute atomic E-state index is 13.3. The minimum absolute atomic E-state index is 0.0132. The monoisotopic (exact) mass is 289 g/mol. The molecule has 21 heavy (non-hydrogen) atoms. The van der Waals surface area contributed by atoms with Gasteiger partial charge in [-0.1, -0.05) is 12.1 Å². The fraction of sp³-hybridized carbons (Fsp3) is 0.133. The van der Waals surface area contributed by atoms with Crippen LogP contribution >= 0.6 is 0 Å². The maximum Gasteiger partial charge on any atom is 0.265 e. The number of carbonyl (C=O) groups excluding carboxylic acids is 1. The number of nitrogens with one attached hydrogen (secondary N) is 1. The van der Waals surface area contributed by atoms with Crippen molar-refractivity contribution in [2.45, 2.75) is 6.43 Å². The Kier molecular flexibility index (Phi) is 3.21. The molecule has 2 aromatic rings. The van der Waals surface area contributed by atoms with Gasteiger partial charge in [-0.05, 0) is 30.3 Å². The molecule has 6 heteroatoms. The minimum Gasteiger partial charge on any atom is -0.399 e. The van der Waals surface area contributed by atoms with Crippen LogP contribution in [0.25, 0.3) is 0 Å². The number of fused-ring (bicyclic) bond motifs is 1. The Morgan fingerprint density at radius 2 is 1.90 bits per heavy atom. The lowest BCUT2D eigenvalue weighted by molar-refractivity contribution is -0.115. The van der Waals surface area contributed by atoms with Crippen LogP contribution in [0.15, 0.2) is 42.5 Å². The Balaban J connectivity index is 2.15. The number of hydrogen-bond donors (Lipinski definition) is 2. The van der Waals surface area contributed by atoms with Crippen LogP contribution in [0, 0.1) is 0 Å². The summed E-state index contributed by atoms with van der Waals surface area (Å²) < 4.78 is 26.5. The van der Waals surface area contributed by atoms with Crippen molar-refractivity contribution in [3.63, 3.8) is 0 Å². The molecule has 0 radical (unpaired) electrons. The van der Waals surface area contributed by atoms with Crippen molar-refractivity contribution < 1.29 is 13.6 Å². The Bertz CT molecular complexity index is 703. The number of benzene rings is 2. The van der Waals surface area contributed by atoms with Crippen LogP contribution in [-0.2, 0) is 4.79 Å². The van der Waals surface area contributed by atoms with E-state index in [-0.39, 0.29) is 23.7 Å². The highest BCUT2D eigenvalue weighted by atomic mass is 19.3. The van der Waals surface area contributed by atoms with Crippen molar-refractivity contribution in [3.8, 4) is 0 Å². The Hall–Kier alpha value is -2.63. The van der Waals surface area contributed by atoms with Crippen molar-refractivity contribution in [1.29, 1.82) is 0 Å². The van der Waals surface area contributed by atoms with Gasteiger partial charge in [0.25, 0.3) is 6.43 Å². The summed E-state index contributed by atoms with van der Waals surface area (Å²) in [4.78, 5) is 13.4. The third-order valence-corrected chi connectivity index (χ3v) is 3.35. The molecule has 3 rings (SSSR count). The number of halogens is 2. The van der Waals surface area contributed by atoms with Gasteiger partial charge in [-0.15, -0.1) is 0 Å². The molecule has 2 aromatic carbocycles. The number of rotatable bonds is 2. The Morgan fingerprint density at radius 1 is 1.14 bits per heavy atom. The van der Waals surface area contributed by atoms with E-state index in [0.29, 0.717) is 17.1 Å². The van der Waals surface area contributed by atoms with E-state index in [4.69, 9.17) is 5.73 Å². The first-order valence-corrected chi connectivity index (χ1v) is 6.40. The van der Waals surface area contributed by atoms with Crippen molar-refractivity contribution in [2.75, 3.05) is 22.5 Å². The highest BCUT2D eigenvalue weighted by Crippen LogP contribution is 2.39. The molecule has 4 nitrogen and oxygen atoms in total. The highest BCUT2D eigenvalue weighted by Gasteiger charge is 2.26. The van der Waals surface area contributed by atoms with Gasteiger partial charge in [0, 0.05) is 11.3 Å². The van der Waals surface area contributed by atoms with Gasteiger partial charge in [-0.2, -0.15) is 0 Å². The summed E-state index contributed by atoms with van der Waals surface area (Å²) in [6.07, 6.45) is -2.67. The van der Waals surface area contributed by atoms with E-state index < -0.39 is 6.43 Å². The van der Waals surface area contributed by atoms with E-state index in [0.717, 1.165) is 0 Å². The molecule has 0 saturated heterocycles. The second-order valence-corrected chi connectivity index (χ2v) is 4.77. The predicted molar refractivity (Wildman–Crippen MR) is 77.9 cm³/mol. The van der Waals surface area contributed by atoms with Gasteiger partial charge >= 0.3 is 0 Å². The van der Waals surface area contributed by atoms with E-state index in [1.807, 2.05) is 0 Å². The molecule has 1 aliphatic heterocycles. The molecule has 0 unspecified atom stereocenters. The van der Waals surface area contributed by atoms with Crippen LogP contribution < -0.4 is 16.0 Å². The molecular weight excluding hydrogens is 276 g/mol. The third kappa shape index (κ3) is 2.40. The lowest BCUT2D eigenvalue weighted by Crippen LogP contribution is -2.35. The van der Waals surface area contributed by atoms with Crippen LogP contribution in [0.2, 0.25) is 0 Å². The standard InChI is InChI=1S/C15H13F2N3O/c16-15(17)10-7-9(18)5-6-12(10)20-8-14(21)19-11-3-1-2-4-13(11)20/h1-7,15H,8,18H2,(H,19,21). The summed E-state index contributed by atoms with van der Waals surface area (Å²) in [5.41, 5.74) is 7.25. The lowest BCUT2D eigenvalue weighted by Gasteiger charge is -2.32. The molecule has 108 valence electrons. The summed E-state index contributed by atoms with van der Waals surface area (Å²) in [7, 11) is 0. The molecule has 0 saturated carbocycles. The smallest absolute Gasteiger partial charge is 0.265 e. The number of anilines is 4. The molecule has 0 atom stereocenters. The molecule has 3 N–H and O–H groups in total. The number of hydrogen-bond acceptors (Lipinski definition) is 3. The van der Waals surface area contributed by atoms with Crippen LogP contribution in [0.3, 0.4) is 0 Å². The first-order chi connectivity index (χ1) is 10.1. The average molecular weight is 289 g/mol. The van der Waals surface area contributed by atoms with E-state index in [1.165, 1.54) is 12.1 Å². The first-order valence-electron chi connectivity index (χ1n) is 6.40. The van der Waals surface area contributed by atoms with E-state index in [9.17, 15) is 13.6 Å². The zero-order valence-corrected chi connectivity index (χ0v) is 11.0. The van der Waals surface area contributed by atoms with Gasteiger partial charge in [0.15, 0.2) is 0 Å². The van der Waals surface area contributed by atoms with E-state index >= 15 is 0 Å².